The van der Waals surface area contributed by atoms with E-state index in [1.54, 1.807) is 0 Å². The molecule has 2 rings (SSSR count). The average Bonchev–Trinajstić information content (AvgIpc) is 2.38. The van der Waals surface area contributed by atoms with Gasteiger partial charge in [-0.1, -0.05) is 6.07 Å². The van der Waals surface area contributed by atoms with Crippen LogP contribution in [0, 0.1) is 0 Å². The van der Waals surface area contributed by atoms with Crippen LogP contribution in [0.4, 0.5) is 0 Å². The molecule has 0 radical (unpaired) electrons. The maximum atomic E-state index is 4.47. The van der Waals surface area contributed by atoms with E-state index < -0.39 is 0 Å². The molecule has 18 heavy (non-hydrogen) atoms. The highest BCUT2D eigenvalue weighted by molar-refractivity contribution is 5.08. The summed E-state index contributed by atoms with van der Waals surface area (Å²) in [5, 5.41) is 0. The molecule has 0 bridgehead atoms. The second-order valence-corrected chi connectivity index (χ2v) is 6.12. The predicted octanol–water partition coefficient (Wildman–Crippen LogP) is 2.56. The Morgan fingerprint density at radius 3 is 2.28 bits per heavy atom. The van der Waals surface area contributed by atoms with Crippen LogP contribution in [0.2, 0.25) is 0 Å². The lowest BCUT2D eigenvalue weighted by atomic mass is 10.0. The number of nitrogens with zero attached hydrogens (tertiary/aromatic N) is 3. The van der Waals surface area contributed by atoms with E-state index in [1.807, 2.05) is 12.3 Å². The molecule has 100 valence electrons. The van der Waals surface area contributed by atoms with E-state index in [0.717, 1.165) is 26.2 Å². The summed E-state index contributed by atoms with van der Waals surface area (Å²) in [6, 6.07) is 6.60. The SMILES string of the molecule is CC(c1ccccn1)N1CCN(C(C)(C)C)CC1. The van der Waals surface area contributed by atoms with E-state index in [4.69, 9.17) is 0 Å². The highest BCUT2D eigenvalue weighted by Gasteiger charge is 2.28. The van der Waals surface area contributed by atoms with Crippen molar-refractivity contribution in [1.29, 1.82) is 0 Å². The van der Waals surface area contributed by atoms with Crippen molar-refractivity contribution in [3.05, 3.63) is 30.1 Å². The Morgan fingerprint density at radius 1 is 1.11 bits per heavy atom. The second-order valence-electron chi connectivity index (χ2n) is 6.12. The molecular weight excluding hydrogens is 222 g/mol. The van der Waals surface area contributed by atoms with Crippen molar-refractivity contribution in [2.24, 2.45) is 0 Å². The fourth-order valence-corrected chi connectivity index (χ4v) is 2.59. The number of piperazine rings is 1. The quantitative estimate of drug-likeness (QED) is 0.800. The van der Waals surface area contributed by atoms with Gasteiger partial charge in [0, 0.05) is 44.0 Å². The summed E-state index contributed by atoms with van der Waals surface area (Å²) in [6.07, 6.45) is 1.89. The van der Waals surface area contributed by atoms with Crippen molar-refractivity contribution in [3.8, 4) is 0 Å². The number of hydrogen-bond donors (Lipinski definition) is 0. The van der Waals surface area contributed by atoms with Crippen LogP contribution in [0.1, 0.15) is 39.4 Å². The Morgan fingerprint density at radius 2 is 1.78 bits per heavy atom. The Balaban J connectivity index is 1.94. The van der Waals surface area contributed by atoms with E-state index in [1.165, 1.54) is 5.69 Å². The van der Waals surface area contributed by atoms with Gasteiger partial charge in [-0.05, 0) is 39.8 Å². The lowest BCUT2D eigenvalue weighted by molar-refractivity contribution is 0.0445. The molecule has 3 heteroatoms. The average molecular weight is 247 g/mol. The van der Waals surface area contributed by atoms with E-state index in [2.05, 4.69) is 54.6 Å². The molecule has 0 aliphatic carbocycles. The lowest BCUT2D eigenvalue weighted by Gasteiger charge is -2.43. The lowest BCUT2D eigenvalue weighted by Crippen LogP contribution is -2.53. The van der Waals surface area contributed by atoms with Crippen LogP contribution >= 0.6 is 0 Å². The van der Waals surface area contributed by atoms with Crippen molar-refractivity contribution < 1.29 is 0 Å². The molecule has 1 saturated heterocycles. The topological polar surface area (TPSA) is 19.4 Å². The van der Waals surface area contributed by atoms with Crippen molar-refractivity contribution in [2.75, 3.05) is 26.2 Å². The minimum atomic E-state index is 0.292. The van der Waals surface area contributed by atoms with Crippen molar-refractivity contribution >= 4 is 0 Å². The number of hydrogen-bond acceptors (Lipinski definition) is 3. The van der Waals surface area contributed by atoms with Gasteiger partial charge in [-0.2, -0.15) is 0 Å². The minimum Gasteiger partial charge on any atom is -0.296 e. The molecule has 1 aromatic rings. The van der Waals surface area contributed by atoms with Gasteiger partial charge < -0.3 is 0 Å². The summed E-state index contributed by atoms with van der Waals surface area (Å²) < 4.78 is 0. The maximum Gasteiger partial charge on any atom is 0.0572 e. The third kappa shape index (κ3) is 3.09. The first-order chi connectivity index (χ1) is 8.48. The number of pyridine rings is 1. The van der Waals surface area contributed by atoms with E-state index in [-0.39, 0.29) is 0 Å². The fraction of sp³-hybridized carbons (Fsp3) is 0.667. The highest BCUT2D eigenvalue weighted by atomic mass is 15.3. The molecule has 0 spiro atoms. The van der Waals surface area contributed by atoms with Gasteiger partial charge in [0.25, 0.3) is 0 Å². The molecule has 0 amide bonds. The van der Waals surface area contributed by atoms with Gasteiger partial charge in [-0.25, -0.2) is 0 Å². The van der Waals surface area contributed by atoms with Gasteiger partial charge in [-0.3, -0.25) is 14.8 Å². The fourth-order valence-electron chi connectivity index (χ4n) is 2.59. The van der Waals surface area contributed by atoms with E-state index in [9.17, 15) is 0 Å². The largest absolute Gasteiger partial charge is 0.296 e. The van der Waals surface area contributed by atoms with Crippen molar-refractivity contribution in [3.63, 3.8) is 0 Å². The van der Waals surface area contributed by atoms with Gasteiger partial charge in [0.05, 0.1) is 5.69 Å². The molecule has 3 nitrogen and oxygen atoms in total. The zero-order chi connectivity index (χ0) is 13.2. The third-order valence-electron chi connectivity index (χ3n) is 3.93. The Labute approximate surface area is 111 Å². The molecule has 0 saturated carbocycles. The Kier molecular flexibility index (Phi) is 4.03. The molecule has 0 N–H and O–H groups in total. The van der Waals surface area contributed by atoms with Crippen molar-refractivity contribution in [1.82, 2.24) is 14.8 Å². The van der Waals surface area contributed by atoms with Crippen LogP contribution in [0.3, 0.4) is 0 Å². The molecule has 1 unspecified atom stereocenters. The standard InChI is InChI=1S/C15H25N3/c1-13(14-7-5-6-8-16-14)17-9-11-18(12-10-17)15(2,3)4/h5-8,13H,9-12H2,1-4H3. The van der Waals surface area contributed by atoms with Crippen LogP contribution in [-0.4, -0.2) is 46.5 Å². The Bertz CT molecular complexity index is 361. The normalized spacial score (nSPS) is 20.9. The zero-order valence-electron chi connectivity index (χ0n) is 12.1. The van der Waals surface area contributed by atoms with Crippen LogP contribution in [-0.2, 0) is 0 Å². The summed E-state index contributed by atoms with van der Waals surface area (Å²) in [5.41, 5.74) is 1.47. The van der Waals surface area contributed by atoms with Crippen LogP contribution in [0.5, 0.6) is 0 Å². The molecule has 1 aromatic heterocycles. The first kappa shape index (κ1) is 13.5. The van der Waals surface area contributed by atoms with Crippen molar-refractivity contribution in [2.45, 2.75) is 39.3 Å². The van der Waals surface area contributed by atoms with E-state index >= 15 is 0 Å². The zero-order valence-corrected chi connectivity index (χ0v) is 12.1. The summed E-state index contributed by atoms with van der Waals surface area (Å²) >= 11 is 0. The van der Waals surface area contributed by atoms with Crippen LogP contribution in [0.25, 0.3) is 0 Å². The van der Waals surface area contributed by atoms with Gasteiger partial charge in [0.1, 0.15) is 0 Å². The molecule has 1 aliphatic heterocycles. The predicted molar refractivity (Wildman–Crippen MR) is 75.6 cm³/mol. The molecule has 2 heterocycles. The summed E-state index contributed by atoms with van der Waals surface area (Å²) in [7, 11) is 0. The summed E-state index contributed by atoms with van der Waals surface area (Å²) in [4.78, 5) is 9.56. The second kappa shape index (κ2) is 5.37. The molecule has 1 fully saturated rings. The Hall–Kier alpha value is -0.930. The van der Waals surface area contributed by atoms with Gasteiger partial charge in [0.15, 0.2) is 0 Å². The number of rotatable bonds is 2. The van der Waals surface area contributed by atoms with Gasteiger partial charge in [-0.15, -0.1) is 0 Å². The third-order valence-corrected chi connectivity index (χ3v) is 3.93. The van der Waals surface area contributed by atoms with Gasteiger partial charge in [0.2, 0.25) is 0 Å². The monoisotopic (exact) mass is 247 g/mol. The van der Waals surface area contributed by atoms with Crippen LogP contribution in [0.15, 0.2) is 24.4 Å². The van der Waals surface area contributed by atoms with Gasteiger partial charge >= 0.3 is 0 Å². The molecule has 0 aromatic carbocycles. The summed E-state index contributed by atoms with van der Waals surface area (Å²) in [6.45, 7) is 13.7. The first-order valence-electron chi connectivity index (χ1n) is 6.88. The van der Waals surface area contributed by atoms with Crippen LogP contribution < -0.4 is 0 Å². The highest BCUT2D eigenvalue weighted by Crippen LogP contribution is 2.22. The molecule has 1 atom stereocenters. The molecule has 1 aliphatic rings. The number of aromatic nitrogens is 1. The van der Waals surface area contributed by atoms with E-state index in [0.29, 0.717) is 11.6 Å². The smallest absolute Gasteiger partial charge is 0.0572 e. The summed E-state index contributed by atoms with van der Waals surface area (Å²) in [5.74, 6) is 0. The minimum absolute atomic E-state index is 0.292. The first-order valence-corrected chi connectivity index (χ1v) is 6.88. The molecular formula is C15H25N3. The maximum absolute atomic E-state index is 4.47.